The lowest BCUT2D eigenvalue weighted by Gasteiger charge is -2.06. The van der Waals surface area contributed by atoms with Crippen LogP contribution in [0.5, 0.6) is 0 Å². The third-order valence-corrected chi connectivity index (χ3v) is 5.82. The highest BCUT2D eigenvalue weighted by Gasteiger charge is 2.21. The van der Waals surface area contributed by atoms with Gasteiger partial charge in [-0.2, -0.15) is 0 Å². The molecule has 6 nitrogen and oxygen atoms in total. The molecule has 0 aliphatic carbocycles. The average Bonchev–Trinajstić information content (AvgIpc) is 3.38. The van der Waals surface area contributed by atoms with E-state index in [1.54, 1.807) is 24.3 Å². The van der Waals surface area contributed by atoms with Gasteiger partial charge < -0.3 is 4.74 Å². The predicted molar refractivity (Wildman–Crippen MR) is 138 cm³/mol. The quantitative estimate of drug-likeness (QED) is 0.204. The number of carbonyl (C=O) groups is 2. The Hall–Kier alpha value is -4.91. The molecule has 0 aliphatic heterocycles. The molecule has 4 aromatic carbocycles. The maximum Gasteiger partial charge on any atom is 0.378 e. The van der Waals surface area contributed by atoms with Crippen molar-refractivity contribution < 1.29 is 18.7 Å². The summed E-state index contributed by atoms with van der Waals surface area (Å²) in [6, 6.07) is 30.2. The number of benzene rings is 4. The molecule has 0 saturated carbocycles. The first-order valence-corrected chi connectivity index (χ1v) is 11.6. The summed E-state index contributed by atoms with van der Waals surface area (Å²) in [7, 11) is 0. The van der Waals surface area contributed by atoms with Crippen molar-refractivity contribution in [2.75, 3.05) is 6.61 Å². The highest BCUT2D eigenvalue weighted by molar-refractivity contribution is 5.99. The van der Waals surface area contributed by atoms with Crippen molar-refractivity contribution >= 4 is 11.8 Å². The van der Waals surface area contributed by atoms with Crippen LogP contribution in [0, 0.1) is 12.7 Å². The molecule has 5 aromatic rings. The maximum absolute atomic E-state index is 13.5. The first-order chi connectivity index (χ1) is 18.0. The molecular formula is C30H22FN3O3. The largest absolute Gasteiger partial charge is 0.451 e. The van der Waals surface area contributed by atoms with E-state index in [0.29, 0.717) is 22.6 Å². The van der Waals surface area contributed by atoms with E-state index >= 15 is 0 Å². The molecule has 0 bridgehead atoms. The molecule has 0 fully saturated rings. The van der Waals surface area contributed by atoms with Gasteiger partial charge in [0.25, 0.3) is 5.82 Å². The minimum Gasteiger partial charge on any atom is -0.451 e. The lowest BCUT2D eigenvalue weighted by molar-refractivity contribution is 0.0462. The Morgan fingerprint density at radius 2 is 1.41 bits per heavy atom. The Morgan fingerprint density at radius 1 is 0.784 bits per heavy atom. The number of esters is 1. The summed E-state index contributed by atoms with van der Waals surface area (Å²) in [6.07, 6.45) is 0. The number of nitrogens with zero attached hydrogens (tertiary/aromatic N) is 3. The lowest BCUT2D eigenvalue weighted by atomic mass is 10.0. The monoisotopic (exact) mass is 491 g/mol. The van der Waals surface area contributed by atoms with Crippen molar-refractivity contribution in [1.82, 2.24) is 14.8 Å². The van der Waals surface area contributed by atoms with Gasteiger partial charge in [-0.3, -0.25) is 4.79 Å². The molecule has 0 saturated heterocycles. The van der Waals surface area contributed by atoms with Crippen LogP contribution in [0.1, 0.15) is 26.5 Å². The van der Waals surface area contributed by atoms with Crippen molar-refractivity contribution in [3.05, 3.63) is 126 Å². The van der Waals surface area contributed by atoms with Crippen LogP contribution in [0.25, 0.3) is 28.2 Å². The molecule has 182 valence electrons. The second kappa shape index (κ2) is 10.4. The maximum atomic E-state index is 13.5. The fraction of sp³-hybridized carbons (Fsp3) is 0.0667. The van der Waals surface area contributed by atoms with Crippen LogP contribution in [0.2, 0.25) is 0 Å². The van der Waals surface area contributed by atoms with Gasteiger partial charge in [0.05, 0.1) is 5.69 Å². The third-order valence-electron chi connectivity index (χ3n) is 5.82. The Morgan fingerprint density at radius 3 is 2.08 bits per heavy atom. The second-order valence-corrected chi connectivity index (χ2v) is 8.46. The summed E-state index contributed by atoms with van der Waals surface area (Å²) < 4.78 is 20.2. The highest BCUT2D eigenvalue weighted by atomic mass is 19.1. The molecule has 37 heavy (non-hydrogen) atoms. The van der Waals surface area contributed by atoms with Crippen LogP contribution in [0.3, 0.4) is 0 Å². The van der Waals surface area contributed by atoms with Crippen molar-refractivity contribution in [2.45, 2.75) is 6.92 Å². The number of hydrogen-bond acceptors (Lipinski definition) is 5. The number of ether oxygens (including phenoxy) is 1. The summed E-state index contributed by atoms with van der Waals surface area (Å²) in [5.74, 6) is -1.42. The van der Waals surface area contributed by atoms with E-state index in [0.717, 1.165) is 16.7 Å². The Balaban J connectivity index is 1.34. The predicted octanol–water partition coefficient (Wildman–Crippen LogP) is 6.09. The van der Waals surface area contributed by atoms with Crippen LogP contribution in [0.4, 0.5) is 4.39 Å². The number of ketones is 1. The summed E-state index contributed by atoms with van der Waals surface area (Å²) in [6.45, 7) is 1.51. The summed E-state index contributed by atoms with van der Waals surface area (Å²) in [5.41, 5.74) is 4.75. The summed E-state index contributed by atoms with van der Waals surface area (Å²) >= 11 is 0. The fourth-order valence-electron chi connectivity index (χ4n) is 3.81. The zero-order valence-corrected chi connectivity index (χ0v) is 20.0. The average molecular weight is 492 g/mol. The van der Waals surface area contributed by atoms with Gasteiger partial charge in [0, 0.05) is 11.1 Å². The number of halogens is 1. The first-order valence-electron chi connectivity index (χ1n) is 11.6. The minimum absolute atomic E-state index is 0.202. The molecule has 0 N–H and O–H groups in total. The van der Waals surface area contributed by atoms with Gasteiger partial charge in [-0.05, 0) is 54.4 Å². The number of aromatic nitrogens is 3. The number of rotatable bonds is 7. The van der Waals surface area contributed by atoms with Gasteiger partial charge in [0.1, 0.15) is 5.82 Å². The number of carbonyl (C=O) groups excluding carboxylic acids is 2. The number of hydrogen-bond donors (Lipinski definition) is 0. The van der Waals surface area contributed by atoms with Crippen molar-refractivity contribution in [3.8, 4) is 28.2 Å². The Kier molecular flexibility index (Phi) is 6.68. The summed E-state index contributed by atoms with van der Waals surface area (Å²) in [4.78, 5) is 29.8. The normalized spacial score (nSPS) is 10.8. The van der Waals surface area contributed by atoms with E-state index < -0.39 is 12.6 Å². The van der Waals surface area contributed by atoms with Crippen molar-refractivity contribution in [2.24, 2.45) is 0 Å². The van der Waals surface area contributed by atoms with Crippen molar-refractivity contribution in [1.29, 1.82) is 0 Å². The minimum atomic E-state index is -0.830. The van der Waals surface area contributed by atoms with E-state index in [4.69, 9.17) is 4.74 Å². The van der Waals surface area contributed by atoms with E-state index in [1.807, 2.05) is 73.7 Å². The first kappa shape index (κ1) is 23.8. The zero-order valence-electron chi connectivity index (χ0n) is 20.0. The van der Waals surface area contributed by atoms with E-state index in [2.05, 4.69) is 10.1 Å². The standard InChI is InChI=1S/C30H22FN3O3/c1-20-7-17-26(18-8-20)34-29(24-13-15-25(31)16-14-24)32-28(33-34)30(36)37-19-27(35)23-11-9-22(10-12-23)21-5-3-2-4-6-21/h2-18H,19H2,1H3. The van der Waals surface area contributed by atoms with Crippen LogP contribution < -0.4 is 0 Å². The summed E-state index contributed by atoms with van der Waals surface area (Å²) in [5, 5.41) is 4.33. The van der Waals surface area contributed by atoms with E-state index in [1.165, 1.54) is 16.8 Å². The number of Topliss-reactive ketones (excluding diaryl/α,β-unsaturated/α-hetero) is 1. The molecule has 0 atom stereocenters. The Bertz CT molecular complexity index is 1480. The van der Waals surface area contributed by atoms with Gasteiger partial charge in [-0.25, -0.2) is 18.9 Å². The van der Waals surface area contributed by atoms with Gasteiger partial charge in [-0.1, -0.05) is 72.3 Å². The topological polar surface area (TPSA) is 74.1 Å². The van der Waals surface area contributed by atoms with Crippen LogP contribution in [0.15, 0.2) is 103 Å². The molecule has 7 heteroatoms. The van der Waals surface area contributed by atoms with E-state index in [-0.39, 0.29) is 17.4 Å². The molecule has 0 spiro atoms. The zero-order chi connectivity index (χ0) is 25.8. The van der Waals surface area contributed by atoms with Crippen molar-refractivity contribution in [3.63, 3.8) is 0 Å². The molecule has 0 aliphatic rings. The van der Waals surface area contributed by atoms with Gasteiger partial charge >= 0.3 is 5.97 Å². The Labute approximate surface area is 213 Å². The van der Waals surface area contributed by atoms with Gasteiger partial charge in [-0.15, -0.1) is 5.10 Å². The van der Waals surface area contributed by atoms with E-state index in [9.17, 15) is 14.0 Å². The molecule has 5 rings (SSSR count). The molecule has 0 radical (unpaired) electrons. The fourth-order valence-corrected chi connectivity index (χ4v) is 3.81. The molecule has 1 heterocycles. The number of aryl methyl sites for hydroxylation is 1. The SMILES string of the molecule is Cc1ccc(-n2nc(C(=O)OCC(=O)c3ccc(-c4ccccc4)cc3)nc2-c2ccc(F)cc2)cc1. The smallest absolute Gasteiger partial charge is 0.378 e. The van der Waals surface area contributed by atoms with Gasteiger partial charge in [0.15, 0.2) is 18.2 Å². The second-order valence-electron chi connectivity index (χ2n) is 8.46. The molecule has 0 unspecified atom stereocenters. The third kappa shape index (κ3) is 5.36. The van der Waals surface area contributed by atoms with Crippen LogP contribution in [-0.4, -0.2) is 33.1 Å². The molecule has 1 aromatic heterocycles. The highest BCUT2D eigenvalue weighted by Crippen LogP contribution is 2.23. The van der Waals surface area contributed by atoms with Crippen LogP contribution >= 0.6 is 0 Å². The molecular weight excluding hydrogens is 469 g/mol. The van der Waals surface area contributed by atoms with Crippen LogP contribution in [-0.2, 0) is 4.74 Å². The molecule has 0 amide bonds. The van der Waals surface area contributed by atoms with Gasteiger partial charge in [0.2, 0.25) is 0 Å². The lowest BCUT2D eigenvalue weighted by Crippen LogP contribution is -2.15.